The van der Waals surface area contributed by atoms with Gasteiger partial charge >= 0.3 is 0 Å². The van der Waals surface area contributed by atoms with E-state index in [1.165, 1.54) is 12.8 Å². The van der Waals surface area contributed by atoms with E-state index in [0.29, 0.717) is 18.9 Å². The largest absolute Gasteiger partial charge is 0.396 e. The van der Waals surface area contributed by atoms with Gasteiger partial charge in [-0.2, -0.15) is 10.4 Å². The summed E-state index contributed by atoms with van der Waals surface area (Å²) < 4.78 is 1.87. The van der Waals surface area contributed by atoms with Crippen LogP contribution in [0.3, 0.4) is 0 Å². The zero-order valence-corrected chi connectivity index (χ0v) is 7.40. The molecule has 68 valence electrons. The van der Waals surface area contributed by atoms with Crippen molar-refractivity contribution < 1.29 is 0 Å². The fraction of sp³-hybridized carbons (Fsp3) is 0.556. The number of aryl methyl sites for hydroxylation is 1. The van der Waals surface area contributed by atoms with Crippen LogP contribution >= 0.6 is 0 Å². The molecule has 1 aromatic rings. The van der Waals surface area contributed by atoms with Gasteiger partial charge in [-0.15, -0.1) is 0 Å². The molecule has 13 heavy (non-hydrogen) atoms. The molecular weight excluding hydrogens is 164 g/mol. The highest BCUT2D eigenvalue weighted by molar-refractivity contribution is 5.44. The Hall–Kier alpha value is -1.50. The molecule has 1 aliphatic rings. The number of aromatic nitrogens is 2. The lowest BCUT2D eigenvalue weighted by atomic mass is 10.2. The molecule has 0 unspecified atom stereocenters. The fourth-order valence-corrected chi connectivity index (χ4v) is 1.55. The number of nitrogen functional groups attached to an aromatic ring is 1. The van der Waals surface area contributed by atoms with Crippen LogP contribution in [0.2, 0.25) is 0 Å². The van der Waals surface area contributed by atoms with Crippen LogP contribution in [0.5, 0.6) is 0 Å². The second kappa shape index (κ2) is 3.09. The smallest absolute Gasteiger partial charge is 0.0736 e. The average Bonchev–Trinajstić information content (AvgIpc) is 2.88. The Labute approximate surface area is 77.0 Å². The second-order valence-corrected chi connectivity index (χ2v) is 3.39. The van der Waals surface area contributed by atoms with E-state index in [9.17, 15) is 0 Å². The summed E-state index contributed by atoms with van der Waals surface area (Å²) in [6.07, 6.45) is 4.61. The van der Waals surface area contributed by atoms with Gasteiger partial charge in [-0.1, -0.05) is 0 Å². The van der Waals surface area contributed by atoms with Crippen molar-refractivity contribution in [2.75, 3.05) is 5.73 Å². The first-order valence-electron chi connectivity index (χ1n) is 4.51. The highest BCUT2D eigenvalue weighted by atomic mass is 15.3. The molecule has 0 radical (unpaired) electrons. The first-order valence-corrected chi connectivity index (χ1v) is 4.51. The number of rotatable bonds is 3. The predicted molar refractivity (Wildman–Crippen MR) is 48.8 cm³/mol. The molecule has 0 aromatic carbocycles. The van der Waals surface area contributed by atoms with Crippen molar-refractivity contribution in [3.8, 4) is 6.07 Å². The molecular formula is C9H12N4. The SMILES string of the molecule is N#CCCn1ncc(N)c1C1CC1. The first-order chi connectivity index (χ1) is 6.33. The van der Waals surface area contributed by atoms with Gasteiger partial charge in [0, 0.05) is 5.92 Å². The maximum absolute atomic E-state index is 8.46. The van der Waals surface area contributed by atoms with E-state index in [1.54, 1.807) is 6.20 Å². The van der Waals surface area contributed by atoms with E-state index in [-0.39, 0.29) is 0 Å². The van der Waals surface area contributed by atoms with E-state index >= 15 is 0 Å². The van der Waals surface area contributed by atoms with Gasteiger partial charge in [0.1, 0.15) is 0 Å². The van der Waals surface area contributed by atoms with Crippen molar-refractivity contribution in [1.29, 1.82) is 5.26 Å². The number of anilines is 1. The number of nitrogens with zero attached hydrogens (tertiary/aromatic N) is 3. The van der Waals surface area contributed by atoms with Crippen LogP contribution in [0.4, 0.5) is 5.69 Å². The molecule has 1 aliphatic carbocycles. The third kappa shape index (κ3) is 1.50. The van der Waals surface area contributed by atoms with E-state index in [1.807, 2.05) is 4.68 Å². The number of hydrogen-bond donors (Lipinski definition) is 1. The van der Waals surface area contributed by atoms with Crippen LogP contribution in [0.25, 0.3) is 0 Å². The van der Waals surface area contributed by atoms with Crippen molar-refractivity contribution in [1.82, 2.24) is 9.78 Å². The summed E-state index contributed by atoms with van der Waals surface area (Å²) in [5.41, 5.74) is 7.70. The standard InChI is InChI=1S/C9H12N4/c10-4-1-5-13-9(7-2-3-7)8(11)6-12-13/h6-7H,1-3,5,11H2. The Kier molecular flexibility index (Phi) is 1.93. The lowest BCUT2D eigenvalue weighted by Gasteiger charge is -2.03. The highest BCUT2D eigenvalue weighted by Crippen LogP contribution is 2.42. The molecule has 1 aromatic heterocycles. The Morgan fingerprint density at radius 1 is 1.69 bits per heavy atom. The van der Waals surface area contributed by atoms with Gasteiger partial charge in [-0.05, 0) is 12.8 Å². The predicted octanol–water partition coefficient (Wildman–Crippen LogP) is 1.26. The molecule has 1 heterocycles. The summed E-state index contributed by atoms with van der Waals surface area (Å²) in [6, 6.07) is 2.11. The summed E-state index contributed by atoms with van der Waals surface area (Å²) >= 11 is 0. The van der Waals surface area contributed by atoms with Crippen LogP contribution in [0.15, 0.2) is 6.20 Å². The molecule has 0 aliphatic heterocycles. The summed E-state index contributed by atoms with van der Waals surface area (Å²) in [4.78, 5) is 0. The third-order valence-corrected chi connectivity index (χ3v) is 2.31. The van der Waals surface area contributed by atoms with Crippen molar-refractivity contribution in [2.45, 2.75) is 31.7 Å². The van der Waals surface area contributed by atoms with Gasteiger partial charge in [0.2, 0.25) is 0 Å². The molecule has 0 amide bonds. The highest BCUT2D eigenvalue weighted by Gasteiger charge is 2.29. The zero-order chi connectivity index (χ0) is 9.26. The molecule has 4 heteroatoms. The summed E-state index contributed by atoms with van der Waals surface area (Å²) in [6.45, 7) is 0.666. The van der Waals surface area contributed by atoms with E-state index < -0.39 is 0 Å². The average molecular weight is 176 g/mol. The fourth-order valence-electron chi connectivity index (χ4n) is 1.55. The van der Waals surface area contributed by atoms with Crippen LogP contribution < -0.4 is 5.73 Å². The molecule has 1 fully saturated rings. The Bertz CT molecular complexity index is 343. The molecule has 0 bridgehead atoms. The van der Waals surface area contributed by atoms with Crippen molar-refractivity contribution in [3.63, 3.8) is 0 Å². The zero-order valence-electron chi connectivity index (χ0n) is 7.40. The lowest BCUT2D eigenvalue weighted by Crippen LogP contribution is -2.04. The normalized spacial score (nSPS) is 15.6. The van der Waals surface area contributed by atoms with Crippen LogP contribution in [-0.4, -0.2) is 9.78 Å². The number of hydrogen-bond acceptors (Lipinski definition) is 3. The van der Waals surface area contributed by atoms with Crippen LogP contribution in [-0.2, 0) is 6.54 Å². The number of nitrogens with two attached hydrogens (primary N) is 1. The molecule has 2 N–H and O–H groups in total. The van der Waals surface area contributed by atoms with E-state index in [0.717, 1.165) is 11.4 Å². The van der Waals surface area contributed by atoms with Crippen molar-refractivity contribution in [2.24, 2.45) is 0 Å². The van der Waals surface area contributed by atoms with Gasteiger partial charge in [0.25, 0.3) is 0 Å². The van der Waals surface area contributed by atoms with Gasteiger partial charge in [-0.25, -0.2) is 0 Å². The van der Waals surface area contributed by atoms with Gasteiger partial charge < -0.3 is 5.73 Å². The second-order valence-electron chi connectivity index (χ2n) is 3.39. The minimum atomic E-state index is 0.501. The first kappa shape index (κ1) is 8.11. The Morgan fingerprint density at radius 2 is 2.46 bits per heavy atom. The maximum atomic E-state index is 8.46. The Balaban J connectivity index is 2.19. The minimum absolute atomic E-state index is 0.501. The summed E-state index contributed by atoms with van der Waals surface area (Å²) in [5, 5.41) is 12.6. The maximum Gasteiger partial charge on any atom is 0.0736 e. The van der Waals surface area contributed by atoms with Gasteiger partial charge in [0.05, 0.1) is 36.6 Å². The lowest BCUT2D eigenvalue weighted by molar-refractivity contribution is 0.597. The van der Waals surface area contributed by atoms with Gasteiger partial charge in [-0.3, -0.25) is 4.68 Å². The van der Waals surface area contributed by atoms with Crippen LogP contribution in [0.1, 0.15) is 30.9 Å². The van der Waals surface area contributed by atoms with E-state index in [4.69, 9.17) is 11.0 Å². The van der Waals surface area contributed by atoms with Gasteiger partial charge in [0.15, 0.2) is 0 Å². The van der Waals surface area contributed by atoms with Crippen molar-refractivity contribution >= 4 is 5.69 Å². The van der Waals surface area contributed by atoms with Crippen molar-refractivity contribution in [3.05, 3.63) is 11.9 Å². The molecule has 1 saturated carbocycles. The number of nitriles is 1. The quantitative estimate of drug-likeness (QED) is 0.753. The molecule has 0 atom stereocenters. The molecule has 0 saturated heterocycles. The molecule has 0 spiro atoms. The van der Waals surface area contributed by atoms with E-state index in [2.05, 4.69) is 11.2 Å². The summed E-state index contributed by atoms with van der Waals surface area (Å²) in [7, 11) is 0. The summed E-state index contributed by atoms with van der Waals surface area (Å²) in [5.74, 6) is 0.598. The van der Waals surface area contributed by atoms with Crippen LogP contribution in [0, 0.1) is 11.3 Å². The molecule has 4 nitrogen and oxygen atoms in total. The topological polar surface area (TPSA) is 67.6 Å². The third-order valence-electron chi connectivity index (χ3n) is 2.31. The monoisotopic (exact) mass is 176 g/mol. The minimum Gasteiger partial charge on any atom is -0.396 e. The molecule has 2 rings (SSSR count). The Morgan fingerprint density at radius 3 is 3.08 bits per heavy atom.